The molecule has 0 spiro atoms. The van der Waals surface area contributed by atoms with Crippen LogP contribution in [0.4, 0.5) is 0 Å². The van der Waals surface area contributed by atoms with Crippen LogP contribution in [0.2, 0.25) is 0 Å². The minimum Gasteiger partial charge on any atom is -0.388 e. The van der Waals surface area contributed by atoms with Gasteiger partial charge in [0, 0.05) is 13.1 Å². The van der Waals surface area contributed by atoms with Gasteiger partial charge in [0.2, 0.25) is 0 Å². The lowest BCUT2D eigenvalue weighted by atomic mass is 9.87. The van der Waals surface area contributed by atoms with Gasteiger partial charge in [0.1, 0.15) is 73.2 Å². The van der Waals surface area contributed by atoms with Crippen molar-refractivity contribution in [2.45, 2.75) is 189 Å². The van der Waals surface area contributed by atoms with Gasteiger partial charge in [0.15, 0.2) is 23.1 Å². The first-order chi connectivity index (χ1) is 27.3. The Labute approximate surface area is 340 Å². The highest BCUT2D eigenvalue weighted by molar-refractivity contribution is 5.28. The molecule has 16 atom stereocenters. The molecular formula is C44H60N2O12. The average Bonchev–Trinajstić information content (AvgIpc) is 3.86. The predicted octanol–water partition coefficient (Wildman–Crippen LogP) is 2.57. The van der Waals surface area contributed by atoms with Crippen molar-refractivity contribution < 1.29 is 58.3 Å². The molecular weight excluding hydrogens is 748 g/mol. The first-order valence-electron chi connectivity index (χ1n) is 20.7. The Morgan fingerprint density at radius 3 is 0.828 bits per heavy atom. The van der Waals surface area contributed by atoms with Crippen LogP contribution in [0, 0.1) is 0 Å². The molecule has 58 heavy (non-hydrogen) atoms. The number of aliphatic hydroxyl groups is 4. The molecule has 0 aromatic heterocycles. The molecule has 0 radical (unpaired) electrons. The molecule has 0 amide bonds. The Balaban J connectivity index is 0.992. The van der Waals surface area contributed by atoms with Crippen molar-refractivity contribution in [3.8, 4) is 0 Å². The zero-order chi connectivity index (χ0) is 41.1. The van der Waals surface area contributed by atoms with Crippen LogP contribution < -0.4 is 0 Å². The highest BCUT2D eigenvalue weighted by Gasteiger charge is 2.55. The monoisotopic (exact) mass is 808 g/mol. The SMILES string of the molecule is CC1(C)O[C@H]2[C@H](O)[C@@H](N(Cc3ccc(CN([C@H]4C=C[C@H]5OC(C)(C)O[C@H]5[C@@H]4O)[C@H]4C=C[C@H]5OC(C)(C)O[C@H]5[C@@H]4O)cc3)[C@H]3C=C[C@H]4OC(C)(C)O[C@H]4[C@@H]3O)C=C[C@H]2O1. The molecule has 0 bridgehead atoms. The second-order valence-corrected chi connectivity index (χ2v) is 18.9. The molecule has 4 aliphatic heterocycles. The molecule has 4 N–H and O–H groups in total. The van der Waals surface area contributed by atoms with Crippen LogP contribution in [-0.4, -0.2) is 151 Å². The van der Waals surface area contributed by atoms with Gasteiger partial charge >= 0.3 is 0 Å². The Kier molecular flexibility index (Phi) is 10.3. The molecule has 14 heteroatoms. The summed E-state index contributed by atoms with van der Waals surface area (Å²) in [4.78, 5) is 4.18. The summed E-state index contributed by atoms with van der Waals surface area (Å²) in [5.74, 6) is -3.38. The Morgan fingerprint density at radius 1 is 0.379 bits per heavy atom. The lowest BCUT2D eigenvalue weighted by Gasteiger charge is -2.45. The summed E-state index contributed by atoms with van der Waals surface area (Å²) in [5.41, 5.74) is 1.90. The van der Waals surface area contributed by atoms with Crippen LogP contribution in [0.1, 0.15) is 66.5 Å². The third-order valence-electron chi connectivity index (χ3n) is 12.7. The summed E-state index contributed by atoms with van der Waals surface area (Å²) in [7, 11) is 0. The summed E-state index contributed by atoms with van der Waals surface area (Å²) in [6.07, 6.45) is 7.94. The van der Waals surface area contributed by atoms with E-state index in [1.165, 1.54) is 0 Å². The minimum absolute atomic E-state index is 0.381. The first kappa shape index (κ1) is 41.0. The lowest BCUT2D eigenvalue weighted by Crippen LogP contribution is -2.60. The van der Waals surface area contributed by atoms with Crippen molar-refractivity contribution in [2.24, 2.45) is 0 Å². The van der Waals surface area contributed by atoms with Crippen molar-refractivity contribution in [1.29, 1.82) is 0 Å². The molecule has 0 saturated carbocycles. The van der Waals surface area contributed by atoms with E-state index in [4.69, 9.17) is 37.9 Å². The number of aliphatic hydroxyl groups excluding tert-OH is 4. The maximum absolute atomic E-state index is 11.9. The summed E-state index contributed by atoms with van der Waals surface area (Å²) in [6, 6.07) is 6.09. The van der Waals surface area contributed by atoms with Gasteiger partial charge in [0.05, 0.1) is 24.2 Å². The number of nitrogens with zero attached hydrogens (tertiary/aromatic N) is 2. The second-order valence-electron chi connectivity index (χ2n) is 18.9. The zero-order valence-electron chi connectivity index (χ0n) is 34.5. The fourth-order valence-corrected chi connectivity index (χ4v) is 10.3. The summed E-state index contributed by atoms with van der Waals surface area (Å²) in [5, 5.41) is 47.4. The summed E-state index contributed by atoms with van der Waals surface area (Å²) >= 11 is 0. The molecule has 4 saturated heterocycles. The molecule has 318 valence electrons. The second kappa shape index (κ2) is 14.6. The smallest absolute Gasteiger partial charge is 0.164 e. The third-order valence-corrected chi connectivity index (χ3v) is 12.7. The fraction of sp³-hybridized carbons (Fsp3) is 0.682. The number of benzene rings is 1. The first-order valence-corrected chi connectivity index (χ1v) is 20.7. The highest BCUT2D eigenvalue weighted by atomic mass is 16.8. The van der Waals surface area contributed by atoms with Crippen LogP contribution in [0.5, 0.6) is 0 Å². The molecule has 4 fully saturated rings. The van der Waals surface area contributed by atoms with Gasteiger partial charge in [-0.2, -0.15) is 0 Å². The van der Waals surface area contributed by atoms with E-state index in [2.05, 4.69) is 9.80 Å². The van der Waals surface area contributed by atoms with E-state index in [9.17, 15) is 20.4 Å². The van der Waals surface area contributed by atoms with Gasteiger partial charge in [-0.1, -0.05) is 72.9 Å². The molecule has 1 aromatic carbocycles. The lowest BCUT2D eigenvalue weighted by molar-refractivity contribution is -0.163. The van der Waals surface area contributed by atoms with Crippen LogP contribution >= 0.6 is 0 Å². The van der Waals surface area contributed by atoms with Crippen molar-refractivity contribution in [1.82, 2.24) is 9.80 Å². The summed E-state index contributed by atoms with van der Waals surface area (Å²) in [6.45, 7) is 15.5. The highest BCUT2D eigenvalue weighted by Crippen LogP contribution is 2.42. The standard InChI is InChI=1S/C44H60N2O12/c1-41(2)51-29-17-13-25(33(47)37(29)55-41)45(26-14-18-30-38(34(26)48)56-42(3,4)52-30)21-23-9-11-24(12-10-23)22-46(27-15-19-31-39(35(27)49)57-43(5,6)53-31)28-16-20-32-40(36(28)50)58-44(7,8)54-32/h9-20,25-40,47-50H,21-22H2,1-8H3/t25-,26-,27-,28-,29+,30+,31+,32+,33+,34+,35+,36+,37+,38+,39+,40+/m0/s1. The topological polar surface area (TPSA) is 161 Å². The largest absolute Gasteiger partial charge is 0.388 e. The van der Waals surface area contributed by atoms with Gasteiger partial charge < -0.3 is 58.3 Å². The van der Waals surface area contributed by atoms with Crippen LogP contribution in [0.15, 0.2) is 72.9 Å². The molecule has 0 unspecified atom stereocenters. The van der Waals surface area contributed by atoms with Crippen LogP contribution in [0.25, 0.3) is 0 Å². The molecule has 4 heterocycles. The van der Waals surface area contributed by atoms with Crippen molar-refractivity contribution >= 4 is 0 Å². The molecule has 8 aliphatic rings. The number of ether oxygens (including phenoxy) is 8. The third kappa shape index (κ3) is 7.62. The number of hydrogen-bond acceptors (Lipinski definition) is 14. The zero-order valence-corrected chi connectivity index (χ0v) is 34.5. The number of hydrogen-bond donors (Lipinski definition) is 4. The van der Waals surface area contributed by atoms with E-state index < -0.39 is 96.1 Å². The number of fused-ring (bicyclic) bond motifs is 4. The maximum atomic E-state index is 11.9. The summed E-state index contributed by atoms with van der Waals surface area (Å²) < 4.78 is 49.0. The van der Waals surface area contributed by atoms with Gasteiger partial charge in [0.25, 0.3) is 0 Å². The van der Waals surface area contributed by atoms with Crippen molar-refractivity contribution in [3.05, 3.63) is 84.0 Å². The molecule has 1 aromatic rings. The van der Waals surface area contributed by atoms with Gasteiger partial charge in [-0.3, -0.25) is 9.80 Å². The quantitative estimate of drug-likeness (QED) is 0.284. The van der Waals surface area contributed by atoms with Gasteiger partial charge in [-0.05, 0) is 66.5 Å². The van der Waals surface area contributed by atoms with E-state index in [0.717, 1.165) is 11.1 Å². The van der Waals surface area contributed by atoms with E-state index in [0.29, 0.717) is 13.1 Å². The number of rotatable bonds is 8. The van der Waals surface area contributed by atoms with E-state index >= 15 is 0 Å². The van der Waals surface area contributed by atoms with Crippen LogP contribution in [0.3, 0.4) is 0 Å². The minimum atomic E-state index is -0.941. The fourth-order valence-electron chi connectivity index (χ4n) is 10.3. The van der Waals surface area contributed by atoms with Crippen molar-refractivity contribution in [3.63, 3.8) is 0 Å². The normalized spacial score (nSPS) is 45.1. The van der Waals surface area contributed by atoms with E-state index in [1.54, 1.807) is 0 Å². The Bertz CT molecular complexity index is 1580. The average molecular weight is 809 g/mol. The van der Waals surface area contributed by atoms with Crippen molar-refractivity contribution in [2.75, 3.05) is 0 Å². The molecule has 14 nitrogen and oxygen atoms in total. The predicted molar refractivity (Wildman–Crippen MR) is 209 cm³/mol. The van der Waals surface area contributed by atoms with E-state index in [-0.39, 0.29) is 24.4 Å². The van der Waals surface area contributed by atoms with Gasteiger partial charge in [-0.25, -0.2) is 0 Å². The molecule has 9 rings (SSSR count). The van der Waals surface area contributed by atoms with Gasteiger partial charge in [-0.15, -0.1) is 0 Å². The van der Waals surface area contributed by atoms with E-state index in [1.807, 2.05) is 128 Å². The maximum Gasteiger partial charge on any atom is 0.164 e. The Morgan fingerprint density at radius 2 is 0.603 bits per heavy atom. The Hall–Kier alpha value is -2.38. The van der Waals surface area contributed by atoms with Crippen LogP contribution in [-0.2, 0) is 51.0 Å². The molecule has 4 aliphatic carbocycles.